The Morgan fingerprint density at radius 3 is 2.30 bits per heavy atom. The van der Waals surface area contributed by atoms with Crippen molar-refractivity contribution in [2.75, 3.05) is 12.0 Å². The fourth-order valence-electron chi connectivity index (χ4n) is 1.66. The molecule has 0 fully saturated rings. The lowest BCUT2D eigenvalue weighted by Gasteiger charge is -2.09. The number of nitriles is 1. The van der Waals surface area contributed by atoms with Crippen molar-refractivity contribution in [2.24, 2.45) is 0 Å². The average molecular weight is 308 g/mol. The van der Waals surface area contributed by atoms with Gasteiger partial charge in [0, 0.05) is 15.5 Å². The molecule has 0 saturated carbocycles. The lowest BCUT2D eigenvalue weighted by atomic mass is 10.2. The van der Waals surface area contributed by atoms with Crippen molar-refractivity contribution in [1.29, 1.82) is 5.26 Å². The molecule has 0 aliphatic rings. The summed E-state index contributed by atoms with van der Waals surface area (Å²) in [5.41, 5.74) is 5.83. The van der Waals surface area contributed by atoms with Crippen molar-refractivity contribution in [3.05, 3.63) is 47.5 Å². The zero-order chi connectivity index (χ0) is 14.7. The van der Waals surface area contributed by atoms with E-state index >= 15 is 0 Å². The Morgan fingerprint density at radius 2 is 1.75 bits per heavy atom. The third-order valence-electron chi connectivity index (χ3n) is 2.55. The van der Waals surface area contributed by atoms with Gasteiger partial charge in [-0.2, -0.15) is 5.26 Å². The predicted molar refractivity (Wildman–Crippen MR) is 77.8 cm³/mol. The van der Waals surface area contributed by atoms with E-state index in [9.17, 15) is 14.0 Å². The third-order valence-corrected chi connectivity index (χ3v) is 4.49. The number of nitrogen functional groups attached to an aromatic ring is 1. The second kappa shape index (κ2) is 6.16. The van der Waals surface area contributed by atoms with E-state index in [1.165, 1.54) is 11.8 Å². The number of hydrogen-bond donors (Lipinski definition) is 1. The lowest BCUT2D eigenvalue weighted by molar-refractivity contribution is 0.542. The summed E-state index contributed by atoms with van der Waals surface area (Å²) in [7, 11) is 0. The van der Waals surface area contributed by atoms with Gasteiger partial charge in [0.1, 0.15) is 17.7 Å². The van der Waals surface area contributed by atoms with Crippen LogP contribution in [0.5, 0.6) is 0 Å². The molecule has 0 saturated heterocycles. The Hall–Kier alpha value is -1.71. The van der Waals surface area contributed by atoms with Gasteiger partial charge in [-0.15, -0.1) is 11.8 Å². The van der Waals surface area contributed by atoms with Gasteiger partial charge >= 0.3 is 0 Å². The fraction of sp³-hybridized carbons (Fsp3) is 0.0714. The molecule has 0 unspecified atom stereocenters. The number of anilines is 1. The van der Waals surface area contributed by atoms with Gasteiger partial charge < -0.3 is 5.73 Å². The van der Waals surface area contributed by atoms with Crippen LogP contribution in [0, 0.1) is 23.0 Å². The Morgan fingerprint density at radius 1 is 1.15 bits per heavy atom. The second-order valence-electron chi connectivity index (χ2n) is 3.86. The molecule has 0 aliphatic heterocycles. The molecule has 2 rings (SSSR count). The Balaban J connectivity index is 2.49. The molecule has 2 aromatic rings. The summed E-state index contributed by atoms with van der Waals surface area (Å²) in [4.78, 5) is 1.13. The molecule has 0 radical (unpaired) electrons. The highest BCUT2D eigenvalue weighted by molar-refractivity contribution is 8.00. The van der Waals surface area contributed by atoms with Crippen molar-refractivity contribution >= 4 is 29.2 Å². The first-order chi connectivity index (χ1) is 9.56. The van der Waals surface area contributed by atoms with Crippen molar-refractivity contribution in [1.82, 2.24) is 0 Å². The van der Waals surface area contributed by atoms with E-state index in [-0.39, 0.29) is 10.6 Å². The molecule has 0 amide bonds. The zero-order valence-corrected chi connectivity index (χ0v) is 12.1. The highest BCUT2D eigenvalue weighted by atomic mass is 32.2. The van der Waals surface area contributed by atoms with E-state index in [4.69, 9.17) is 5.73 Å². The first-order valence-electron chi connectivity index (χ1n) is 5.56. The van der Waals surface area contributed by atoms with E-state index in [1.807, 2.05) is 6.26 Å². The number of thioether (sulfide) groups is 1. The van der Waals surface area contributed by atoms with Crippen LogP contribution in [0.25, 0.3) is 0 Å². The number of benzene rings is 2. The molecule has 6 heteroatoms. The van der Waals surface area contributed by atoms with Gasteiger partial charge in [-0.05, 0) is 30.5 Å². The minimum Gasteiger partial charge on any atom is -0.399 e. The molecule has 2 nitrogen and oxygen atoms in total. The molecule has 0 heterocycles. The summed E-state index contributed by atoms with van der Waals surface area (Å²) in [6, 6.07) is 9.42. The Labute approximate surface area is 124 Å². The summed E-state index contributed by atoms with van der Waals surface area (Å²) < 4.78 is 27.6. The van der Waals surface area contributed by atoms with Crippen LogP contribution in [0.15, 0.2) is 45.0 Å². The molecule has 0 bridgehead atoms. The average Bonchev–Trinajstić information content (AvgIpc) is 2.42. The van der Waals surface area contributed by atoms with Crippen LogP contribution in [-0.2, 0) is 0 Å². The molecule has 2 aromatic carbocycles. The van der Waals surface area contributed by atoms with E-state index in [0.717, 1.165) is 28.8 Å². The van der Waals surface area contributed by atoms with Crippen LogP contribution in [-0.4, -0.2) is 6.26 Å². The molecule has 0 aliphatic carbocycles. The smallest absolute Gasteiger partial charge is 0.142 e. The number of nitrogens with zero attached hydrogens (tertiary/aromatic N) is 1. The van der Waals surface area contributed by atoms with Crippen molar-refractivity contribution in [3.8, 4) is 6.07 Å². The highest BCUT2D eigenvalue weighted by Crippen LogP contribution is 2.37. The minimum absolute atomic E-state index is 0.0303. The summed E-state index contributed by atoms with van der Waals surface area (Å²) in [5, 5.41) is 9.21. The monoisotopic (exact) mass is 308 g/mol. The minimum atomic E-state index is -0.731. The largest absolute Gasteiger partial charge is 0.399 e. The van der Waals surface area contributed by atoms with Crippen LogP contribution in [0.3, 0.4) is 0 Å². The van der Waals surface area contributed by atoms with Crippen LogP contribution >= 0.6 is 23.5 Å². The quantitative estimate of drug-likeness (QED) is 0.679. The summed E-state index contributed by atoms with van der Waals surface area (Å²) in [5.74, 6) is -1.46. The Kier molecular flexibility index (Phi) is 4.53. The van der Waals surface area contributed by atoms with Gasteiger partial charge in [-0.3, -0.25) is 0 Å². The third kappa shape index (κ3) is 2.89. The highest BCUT2D eigenvalue weighted by Gasteiger charge is 2.15. The molecular weight excluding hydrogens is 298 g/mol. The standard InChI is InChI=1S/C14H10F2N2S2/c1-19-12-3-2-4-13(9(12)7-17)20-14-10(15)5-8(18)6-11(14)16/h2-6H,18H2,1H3. The first kappa shape index (κ1) is 14.7. The van der Waals surface area contributed by atoms with Gasteiger partial charge in [-0.25, -0.2) is 8.78 Å². The molecule has 102 valence electrons. The predicted octanol–water partition coefficient (Wildman–Crippen LogP) is 4.29. The SMILES string of the molecule is CSc1cccc(Sc2c(F)cc(N)cc2F)c1C#N. The van der Waals surface area contributed by atoms with Crippen LogP contribution in [0.4, 0.5) is 14.5 Å². The number of nitrogens with two attached hydrogens (primary N) is 1. The topological polar surface area (TPSA) is 49.8 Å². The van der Waals surface area contributed by atoms with Crippen LogP contribution < -0.4 is 5.73 Å². The van der Waals surface area contributed by atoms with E-state index in [0.29, 0.717) is 10.5 Å². The number of rotatable bonds is 3. The van der Waals surface area contributed by atoms with E-state index in [1.54, 1.807) is 18.2 Å². The number of hydrogen-bond acceptors (Lipinski definition) is 4. The lowest BCUT2D eigenvalue weighted by Crippen LogP contribution is -1.94. The maximum absolute atomic E-state index is 13.8. The number of halogens is 2. The summed E-state index contributed by atoms with van der Waals surface area (Å²) in [6.45, 7) is 0. The maximum Gasteiger partial charge on any atom is 0.142 e. The molecule has 20 heavy (non-hydrogen) atoms. The van der Waals surface area contributed by atoms with Crippen LogP contribution in [0.2, 0.25) is 0 Å². The summed E-state index contributed by atoms with van der Waals surface area (Å²) >= 11 is 2.30. The second-order valence-corrected chi connectivity index (χ2v) is 5.76. The van der Waals surface area contributed by atoms with E-state index < -0.39 is 11.6 Å². The van der Waals surface area contributed by atoms with Crippen LogP contribution in [0.1, 0.15) is 5.56 Å². The molecule has 0 aromatic heterocycles. The summed E-state index contributed by atoms with van der Waals surface area (Å²) in [6.07, 6.45) is 1.84. The van der Waals surface area contributed by atoms with Gasteiger partial charge in [0.05, 0.1) is 10.5 Å². The molecule has 0 atom stereocenters. The van der Waals surface area contributed by atoms with Gasteiger partial charge in [0.25, 0.3) is 0 Å². The fourth-order valence-corrected chi connectivity index (χ4v) is 3.24. The van der Waals surface area contributed by atoms with Gasteiger partial charge in [-0.1, -0.05) is 17.8 Å². The molecular formula is C14H10F2N2S2. The zero-order valence-electron chi connectivity index (χ0n) is 10.5. The van der Waals surface area contributed by atoms with E-state index in [2.05, 4.69) is 6.07 Å². The first-order valence-corrected chi connectivity index (χ1v) is 7.60. The molecule has 2 N–H and O–H groups in total. The van der Waals surface area contributed by atoms with Gasteiger partial charge in [0.15, 0.2) is 0 Å². The van der Waals surface area contributed by atoms with Crippen molar-refractivity contribution < 1.29 is 8.78 Å². The normalized spacial score (nSPS) is 10.3. The van der Waals surface area contributed by atoms with Gasteiger partial charge in [0.2, 0.25) is 0 Å². The van der Waals surface area contributed by atoms with Crippen molar-refractivity contribution in [2.45, 2.75) is 14.7 Å². The Bertz CT molecular complexity index is 673. The molecule has 0 spiro atoms. The maximum atomic E-state index is 13.8. The van der Waals surface area contributed by atoms with Crippen molar-refractivity contribution in [3.63, 3.8) is 0 Å².